The third kappa shape index (κ3) is 2.69. The van der Waals surface area contributed by atoms with E-state index >= 15 is 0 Å². The van der Waals surface area contributed by atoms with Gasteiger partial charge in [-0.1, -0.05) is 23.7 Å². The monoisotopic (exact) mass is 220 g/mol. The fraction of sp³-hybridized carbons (Fsp3) is 0.308. The number of halogens is 1. The topological polar surface area (TPSA) is 17.1 Å². The zero-order valence-electron chi connectivity index (χ0n) is 8.50. The summed E-state index contributed by atoms with van der Waals surface area (Å²) in [4.78, 5) is 11.6. The van der Waals surface area contributed by atoms with Gasteiger partial charge in [0.05, 0.1) is 0 Å². The summed E-state index contributed by atoms with van der Waals surface area (Å²) in [7, 11) is 0. The van der Waals surface area contributed by atoms with Crippen LogP contribution < -0.4 is 0 Å². The first-order chi connectivity index (χ1) is 7.25. The molecule has 0 amide bonds. The smallest absolute Gasteiger partial charge is 0.158 e. The maximum absolute atomic E-state index is 11.6. The van der Waals surface area contributed by atoms with Gasteiger partial charge in [0, 0.05) is 11.4 Å². The van der Waals surface area contributed by atoms with Crippen LogP contribution in [0.1, 0.15) is 31.2 Å². The first-order valence-corrected chi connectivity index (χ1v) is 5.63. The van der Waals surface area contributed by atoms with Crippen molar-refractivity contribution in [3.05, 3.63) is 40.4 Å². The Morgan fingerprint density at radius 3 is 2.73 bits per heavy atom. The van der Waals surface area contributed by atoms with Crippen molar-refractivity contribution >= 4 is 23.5 Å². The molecule has 0 bridgehead atoms. The lowest BCUT2D eigenvalue weighted by molar-refractivity contribution is -0.116. The number of Topliss-reactive ketones (excluding diaryl/α,β-unsaturated/α-hetero) is 1. The molecule has 0 heterocycles. The van der Waals surface area contributed by atoms with Crippen LogP contribution in [0.25, 0.3) is 6.08 Å². The van der Waals surface area contributed by atoms with Crippen molar-refractivity contribution in [3.63, 3.8) is 0 Å². The molecule has 0 saturated heterocycles. The quantitative estimate of drug-likeness (QED) is 0.657. The Balaban J connectivity index is 2.25. The molecule has 1 aliphatic rings. The molecule has 15 heavy (non-hydrogen) atoms. The molecule has 0 aromatic heterocycles. The van der Waals surface area contributed by atoms with Crippen LogP contribution in [-0.4, -0.2) is 5.78 Å². The van der Waals surface area contributed by atoms with Crippen molar-refractivity contribution in [3.8, 4) is 0 Å². The Hall–Kier alpha value is -1.08. The molecule has 0 atom stereocenters. The maximum atomic E-state index is 11.6. The lowest BCUT2D eigenvalue weighted by Crippen LogP contribution is -2.07. The average Bonchev–Trinajstić information content (AvgIpc) is 2.22. The molecule has 0 N–H and O–H groups in total. The Morgan fingerprint density at radius 1 is 1.20 bits per heavy atom. The van der Waals surface area contributed by atoms with Gasteiger partial charge in [-0.15, -0.1) is 0 Å². The Morgan fingerprint density at radius 2 is 2.00 bits per heavy atom. The summed E-state index contributed by atoms with van der Waals surface area (Å²) in [6.45, 7) is 0. The minimum Gasteiger partial charge on any atom is -0.295 e. The van der Waals surface area contributed by atoms with Crippen molar-refractivity contribution in [1.82, 2.24) is 0 Å². The average molecular weight is 221 g/mol. The summed E-state index contributed by atoms with van der Waals surface area (Å²) in [5.41, 5.74) is 1.97. The van der Waals surface area contributed by atoms with Crippen LogP contribution in [0.4, 0.5) is 0 Å². The van der Waals surface area contributed by atoms with Crippen molar-refractivity contribution in [2.75, 3.05) is 0 Å². The van der Waals surface area contributed by atoms with E-state index in [1.165, 1.54) is 0 Å². The Labute approximate surface area is 94.8 Å². The third-order valence-electron chi connectivity index (χ3n) is 2.65. The van der Waals surface area contributed by atoms with E-state index in [2.05, 4.69) is 0 Å². The summed E-state index contributed by atoms with van der Waals surface area (Å²) in [6, 6.07) is 7.60. The summed E-state index contributed by atoms with van der Waals surface area (Å²) in [5.74, 6) is 0.293. The van der Waals surface area contributed by atoms with Gasteiger partial charge in [0.15, 0.2) is 5.78 Å². The lowest BCUT2D eigenvalue weighted by atomic mass is 9.92. The molecule has 2 rings (SSSR count). The molecule has 1 aromatic carbocycles. The van der Waals surface area contributed by atoms with E-state index in [4.69, 9.17) is 11.6 Å². The van der Waals surface area contributed by atoms with Crippen LogP contribution in [0.3, 0.4) is 0 Å². The van der Waals surface area contributed by atoms with E-state index in [0.717, 1.165) is 30.4 Å². The number of hydrogen-bond donors (Lipinski definition) is 0. The molecule has 1 aromatic rings. The van der Waals surface area contributed by atoms with Gasteiger partial charge in [0.25, 0.3) is 0 Å². The van der Waals surface area contributed by atoms with Crippen molar-refractivity contribution < 1.29 is 4.79 Å². The number of allylic oxidation sites excluding steroid dienone is 1. The number of hydrogen-bond acceptors (Lipinski definition) is 1. The highest BCUT2D eigenvalue weighted by Crippen LogP contribution is 2.23. The van der Waals surface area contributed by atoms with Crippen LogP contribution in [0.15, 0.2) is 29.8 Å². The number of ketones is 1. The summed E-state index contributed by atoms with van der Waals surface area (Å²) in [5, 5.41) is 0.715. The lowest BCUT2D eigenvalue weighted by Gasteiger charge is -2.12. The van der Waals surface area contributed by atoms with Crippen molar-refractivity contribution in [2.24, 2.45) is 0 Å². The molecular formula is C13H13ClO. The van der Waals surface area contributed by atoms with Gasteiger partial charge >= 0.3 is 0 Å². The van der Waals surface area contributed by atoms with E-state index in [1.54, 1.807) is 0 Å². The zero-order chi connectivity index (χ0) is 10.7. The van der Waals surface area contributed by atoms with Crippen LogP contribution in [-0.2, 0) is 4.79 Å². The molecule has 0 spiro atoms. The highest BCUT2D eigenvalue weighted by Gasteiger charge is 2.14. The molecule has 0 unspecified atom stereocenters. The Bertz CT molecular complexity index is 407. The largest absolute Gasteiger partial charge is 0.295 e. The fourth-order valence-electron chi connectivity index (χ4n) is 1.85. The van der Waals surface area contributed by atoms with Crippen LogP contribution in [0.2, 0.25) is 5.02 Å². The predicted octanol–water partition coefficient (Wildman–Crippen LogP) is 3.87. The Kier molecular flexibility index (Phi) is 3.22. The molecule has 0 radical (unpaired) electrons. The molecule has 1 nitrogen and oxygen atoms in total. The maximum Gasteiger partial charge on any atom is 0.158 e. The predicted molar refractivity (Wildman–Crippen MR) is 62.9 cm³/mol. The molecule has 0 aliphatic heterocycles. The second-order valence-electron chi connectivity index (χ2n) is 3.85. The number of benzene rings is 1. The molecule has 1 saturated carbocycles. The van der Waals surface area contributed by atoms with E-state index in [9.17, 15) is 4.79 Å². The SMILES string of the molecule is O=C1CCCCC1=Cc1cccc(Cl)c1. The minimum atomic E-state index is 0.293. The van der Waals surface area contributed by atoms with Gasteiger partial charge < -0.3 is 0 Å². The van der Waals surface area contributed by atoms with Gasteiger partial charge in [0.1, 0.15) is 0 Å². The van der Waals surface area contributed by atoms with Gasteiger partial charge in [-0.25, -0.2) is 0 Å². The number of carbonyl (C=O) groups is 1. The van der Waals surface area contributed by atoms with E-state index in [0.29, 0.717) is 17.2 Å². The fourth-order valence-corrected chi connectivity index (χ4v) is 2.05. The molecule has 2 heteroatoms. The van der Waals surface area contributed by atoms with Gasteiger partial charge in [0.2, 0.25) is 0 Å². The highest BCUT2D eigenvalue weighted by atomic mass is 35.5. The van der Waals surface area contributed by atoms with Crippen LogP contribution in [0, 0.1) is 0 Å². The van der Waals surface area contributed by atoms with Crippen LogP contribution in [0.5, 0.6) is 0 Å². The molecule has 1 fully saturated rings. The molecule has 1 aliphatic carbocycles. The number of carbonyl (C=O) groups excluding carboxylic acids is 1. The van der Waals surface area contributed by atoms with E-state index < -0.39 is 0 Å². The van der Waals surface area contributed by atoms with Crippen molar-refractivity contribution in [2.45, 2.75) is 25.7 Å². The second-order valence-corrected chi connectivity index (χ2v) is 4.29. The van der Waals surface area contributed by atoms with Crippen LogP contribution >= 0.6 is 11.6 Å². The van der Waals surface area contributed by atoms with Gasteiger partial charge in [-0.3, -0.25) is 4.79 Å². The first kappa shape index (κ1) is 10.4. The standard InChI is InChI=1S/C13H13ClO/c14-12-6-3-4-10(9-12)8-11-5-1-2-7-13(11)15/h3-4,6,8-9H,1-2,5,7H2. The van der Waals surface area contributed by atoms with Gasteiger partial charge in [-0.05, 0) is 48.6 Å². The normalized spacial score (nSPS) is 19.5. The van der Waals surface area contributed by atoms with Crippen molar-refractivity contribution in [1.29, 1.82) is 0 Å². The first-order valence-electron chi connectivity index (χ1n) is 5.25. The number of rotatable bonds is 1. The van der Waals surface area contributed by atoms with Gasteiger partial charge in [-0.2, -0.15) is 0 Å². The molecular weight excluding hydrogens is 208 g/mol. The highest BCUT2D eigenvalue weighted by molar-refractivity contribution is 6.30. The summed E-state index contributed by atoms with van der Waals surface area (Å²) >= 11 is 5.88. The zero-order valence-corrected chi connectivity index (χ0v) is 9.26. The van der Waals surface area contributed by atoms with E-state index in [-0.39, 0.29) is 0 Å². The summed E-state index contributed by atoms with van der Waals surface area (Å²) < 4.78 is 0. The third-order valence-corrected chi connectivity index (χ3v) is 2.88. The van der Waals surface area contributed by atoms with E-state index in [1.807, 2.05) is 30.3 Å². The molecule has 78 valence electrons. The summed E-state index contributed by atoms with van der Waals surface area (Å²) in [6.07, 6.45) is 5.73. The second kappa shape index (κ2) is 4.63. The minimum absolute atomic E-state index is 0.293.